The van der Waals surface area contributed by atoms with Gasteiger partial charge in [0, 0.05) is 23.4 Å². The van der Waals surface area contributed by atoms with Gasteiger partial charge < -0.3 is 10.1 Å². The minimum atomic E-state index is -0.580. The lowest BCUT2D eigenvalue weighted by molar-refractivity contribution is 0.129. The van der Waals surface area contributed by atoms with Gasteiger partial charge in [0.15, 0.2) is 5.82 Å². The van der Waals surface area contributed by atoms with E-state index in [0.717, 1.165) is 10.0 Å². The number of carbonyl (C=O) groups is 1. The molecule has 2 heterocycles. The van der Waals surface area contributed by atoms with Crippen molar-refractivity contribution in [3.05, 3.63) is 46.7 Å². The molecule has 1 amide bonds. The molecule has 0 fully saturated rings. The molecule has 0 atom stereocenters. The number of fused-ring (bicyclic) bond motifs is 1. The molecule has 8 nitrogen and oxygen atoms in total. The van der Waals surface area contributed by atoms with Crippen LogP contribution in [0.15, 0.2) is 41.1 Å². The first-order valence-corrected chi connectivity index (χ1v) is 8.48. The number of amides is 1. The Hall–Kier alpha value is -2.68. The summed E-state index contributed by atoms with van der Waals surface area (Å²) >= 11 is 3.52. The normalized spacial score (nSPS) is 10.9. The third-order valence-electron chi connectivity index (χ3n) is 3.29. The molecule has 0 spiro atoms. The van der Waals surface area contributed by atoms with E-state index in [1.807, 2.05) is 24.3 Å². The number of hydrogen-bond acceptors (Lipinski definition) is 6. The molecule has 0 radical (unpaired) electrons. The number of rotatable bonds is 5. The van der Waals surface area contributed by atoms with Crippen LogP contribution in [0.5, 0.6) is 0 Å². The SMILES string of the molecule is CC(C)OC(=O)Nc1nnc2c(NCc3ccccc3Br)nccn12. The Kier molecular flexibility index (Phi) is 5.13. The molecule has 0 aliphatic carbocycles. The molecular formula is C16H17BrN6O2. The summed E-state index contributed by atoms with van der Waals surface area (Å²) in [7, 11) is 0. The third kappa shape index (κ3) is 4.05. The van der Waals surface area contributed by atoms with Gasteiger partial charge in [0.05, 0.1) is 6.10 Å². The molecule has 25 heavy (non-hydrogen) atoms. The number of carbonyl (C=O) groups excluding carboxylic acids is 1. The lowest BCUT2D eigenvalue weighted by Crippen LogP contribution is -2.19. The smallest absolute Gasteiger partial charge is 0.414 e. The van der Waals surface area contributed by atoms with Gasteiger partial charge in [-0.15, -0.1) is 10.2 Å². The number of aromatic nitrogens is 4. The van der Waals surface area contributed by atoms with E-state index < -0.39 is 6.09 Å². The lowest BCUT2D eigenvalue weighted by Gasteiger charge is -2.09. The van der Waals surface area contributed by atoms with Crippen molar-refractivity contribution in [3.8, 4) is 0 Å². The van der Waals surface area contributed by atoms with Crippen molar-refractivity contribution >= 4 is 39.4 Å². The maximum absolute atomic E-state index is 11.7. The fraction of sp³-hybridized carbons (Fsp3) is 0.250. The van der Waals surface area contributed by atoms with Crippen LogP contribution in [0.1, 0.15) is 19.4 Å². The summed E-state index contributed by atoms with van der Waals surface area (Å²) in [6.07, 6.45) is 2.48. The van der Waals surface area contributed by atoms with Crippen LogP contribution in [0.4, 0.5) is 16.6 Å². The molecule has 3 aromatic rings. The van der Waals surface area contributed by atoms with E-state index in [0.29, 0.717) is 18.0 Å². The van der Waals surface area contributed by atoms with Gasteiger partial charge in [0.25, 0.3) is 0 Å². The third-order valence-corrected chi connectivity index (χ3v) is 4.06. The van der Waals surface area contributed by atoms with Gasteiger partial charge in [-0.1, -0.05) is 34.1 Å². The molecule has 2 aromatic heterocycles. The summed E-state index contributed by atoms with van der Waals surface area (Å²) in [6, 6.07) is 7.91. The second-order valence-corrected chi connectivity index (χ2v) is 6.37. The molecule has 3 rings (SSSR count). The topological polar surface area (TPSA) is 93.4 Å². The van der Waals surface area contributed by atoms with Crippen LogP contribution in [0.2, 0.25) is 0 Å². The highest BCUT2D eigenvalue weighted by molar-refractivity contribution is 9.10. The molecule has 0 aliphatic rings. The number of nitrogens with zero attached hydrogens (tertiary/aromatic N) is 4. The molecule has 0 saturated heterocycles. The van der Waals surface area contributed by atoms with Crippen LogP contribution in [0.25, 0.3) is 5.65 Å². The zero-order chi connectivity index (χ0) is 17.8. The fourth-order valence-corrected chi connectivity index (χ4v) is 2.62. The van der Waals surface area contributed by atoms with Crippen LogP contribution in [-0.4, -0.2) is 31.8 Å². The second-order valence-electron chi connectivity index (χ2n) is 5.52. The molecular weight excluding hydrogens is 388 g/mol. The first kappa shape index (κ1) is 17.2. The van der Waals surface area contributed by atoms with E-state index in [1.54, 1.807) is 30.6 Å². The number of hydrogen-bond donors (Lipinski definition) is 2. The Morgan fingerprint density at radius 2 is 2.12 bits per heavy atom. The molecule has 0 aliphatic heterocycles. The van der Waals surface area contributed by atoms with Crippen molar-refractivity contribution in [2.75, 3.05) is 10.6 Å². The first-order chi connectivity index (χ1) is 12.0. The first-order valence-electron chi connectivity index (χ1n) is 7.69. The Labute approximate surface area is 152 Å². The van der Waals surface area contributed by atoms with Crippen LogP contribution in [0, 0.1) is 0 Å². The molecule has 1 aromatic carbocycles. The van der Waals surface area contributed by atoms with Gasteiger partial charge in [-0.25, -0.2) is 9.78 Å². The Balaban J connectivity index is 1.79. The number of benzene rings is 1. The van der Waals surface area contributed by atoms with E-state index in [1.165, 1.54) is 0 Å². The van der Waals surface area contributed by atoms with Crippen molar-refractivity contribution in [1.82, 2.24) is 19.6 Å². The van der Waals surface area contributed by atoms with Crippen molar-refractivity contribution < 1.29 is 9.53 Å². The van der Waals surface area contributed by atoms with Crippen LogP contribution < -0.4 is 10.6 Å². The van der Waals surface area contributed by atoms with E-state index >= 15 is 0 Å². The van der Waals surface area contributed by atoms with Crippen molar-refractivity contribution in [2.45, 2.75) is 26.5 Å². The predicted molar refractivity (Wildman–Crippen MR) is 97.5 cm³/mol. The van der Waals surface area contributed by atoms with Crippen molar-refractivity contribution in [1.29, 1.82) is 0 Å². The zero-order valence-electron chi connectivity index (χ0n) is 13.7. The van der Waals surface area contributed by atoms with Crippen LogP contribution in [0.3, 0.4) is 0 Å². The Morgan fingerprint density at radius 1 is 1.32 bits per heavy atom. The van der Waals surface area contributed by atoms with E-state index in [-0.39, 0.29) is 12.1 Å². The highest BCUT2D eigenvalue weighted by Gasteiger charge is 2.14. The van der Waals surface area contributed by atoms with Crippen LogP contribution >= 0.6 is 15.9 Å². The summed E-state index contributed by atoms with van der Waals surface area (Å²) in [5.74, 6) is 0.836. The van der Waals surface area contributed by atoms with E-state index in [4.69, 9.17) is 4.74 Å². The second kappa shape index (κ2) is 7.47. The van der Waals surface area contributed by atoms with Gasteiger partial charge in [-0.2, -0.15) is 0 Å². The Bertz CT molecular complexity index is 895. The Morgan fingerprint density at radius 3 is 2.88 bits per heavy atom. The molecule has 0 unspecified atom stereocenters. The zero-order valence-corrected chi connectivity index (χ0v) is 15.3. The minimum Gasteiger partial charge on any atom is -0.447 e. The van der Waals surface area contributed by atoms with Gasteiger partial charge in [-0.3, -0.25) is 9.72 Å². The highest BCUT2D eigenvalue weighted by Crippen LogP contribution is 2.19. The molecule has 130 valence electrons. The quantitative estimate of drug-likeness (QED) is 0.676. The number of ether oxygens (including phenoxy) is 1. The number of anilines is 2. The summed E-state index contributed by atoms with van der Waals surface area (Å²) in [5.41, 5.74) is 1.60. The lowest BCUT2D eigenvalue weighted by atomic mass is 10.2. The molecule has 0 saturated carbocycles. The fourth-order valence-electron chi connectivity index (χ4n) is 2.19. The van der Waals surface area contributed by atoms with Gasteiger partial charge in [-0.05, 0) is 25.5 Å². The van der Waals surface area contributed by atoms with Crippen molar-refractivity contribution in [2.24, 2.45) is 0 Å². The summed E-state index contributed by atoms with van der Waals surface area (Å²) in [6.45, 7) is 4.11. The maximum Gasteiger partial charge on any atom is 0.414 e. The molecule has 9 heteroatoms. The van der Waals surface area contributed by atoms with Crippen molar-refractivity contribution in [3.63, 3.8) is 0 Å². The highest BCUT2D eigenvalue weighted by atomic mass is 79.9. The standard InChI is InChI=1S/C16H17BrN6O2/c1-10(2)25-16(24)20-15-22-21-14-13(18-7-8-23(14)15)19-9-11-5-3-4-6-12(11)17/h3-8,10H,9H2,1-2H3,(H,18,19)(H,20,22,24). The average molecular weight is 405 g/mol. The maximum atomic E-state index is 11.7. The monoisotopic (exact) mass is 404 g/mol. The average Bonchev–Trinajstić information content (AvgIpc) is 2.97. The summed E-state index contributed by atoms with van der Waals surface area (Å²) in [4.78, 5) is 16.0. The number of halogens is 1. The number of nitrogens with one attached hydrogen (secondary N) is 2. The predicted octanol–water partition coefficient (Wildman–Crippen LogP) is 3.46. The summed E-state index contributed by atoms with van der Waals surface area (Å²) < 4.78 is 7.70. The molecule has 0 bridgehead atoms. The minimum absolute atomic E-state index is 0.220. The van der Waals surface area contributed by atoms with Gasteiger partial charge >= 0.3 is 6.09 Å². The van der Waals surface area contributed by atoms with Gasteiger partial charge in [0.2, 0.25) is 11.6 Å². The van der Waals surface area contributed by atoms with Gasteiger partial charge in [0.1, 0.15) is 0 Å². The van der Waals surface area contributed by atoms with Crippen LogP contribution in [-0.2, 0) is 11.3 Å². The van der Waals surface area contributed by atoms with E-state index in [2.05, 4.69) is 41.7 Å². The largest absolute Gasteiger partial charge is 0.447 e. The van der Waals surface area contributed by atoms with E-state index in [9.17, 15) is 4.79 Å². The molecule has 2 N–H and O–H groups in total. The summed E-state index contributed by atoms with van der Waals surface area (Å²) in [5, 5.41) is 13.9.